The van der Waals surface area contributed by atoms with E-state index in [4.69, 9.17) is 9.47 Å². The zero-order valence-corrected chi connectivity index (χ0v) is 15.4. The van der Waals surface area contributed by atoms with Gasteiger partial charge < -0.3 is 9.47 Å². The summed E-state index contributed by atoms with van der Waals surface area (Å²) < 4.78 is 11.0. The Bertz CT molecular complexity index is 356. The minimum Gasteiger partial charge on any atom is -0.465 e. The SMILES string of the molecule is CCCOC(=O)C(C1CCCC1)C(C(=O)OCCC)C1CCCC1. The number of hydrogen-bond donors (Lipinski definition) is 0. The molecule has 4 heteroatoms. The molecule has 0 saturated heterocycles. The van der Waals surface area contributed by atoms with Gasteiger partial charge in [0.1, 0.15) is 0 Å². The van der Waals surface area contributed by atoms with Gasteiger partial charge in [-0.3, -0.25) is 9.59 Å². The number of hydrogen-bond acceptors (Lipinski definition) is 4. The Morgan fingerprint density at radius 1 is 0.750 bits per heavy atom. The number of carbonyl (C=O) groups is 2. The third-order valence-electron chi connectivity index (χ3n) is 5.64. The lowest BCUT2D eigenvalue weighted by molar-refractivity contribution is -0.166. The summed E-state index contributed by atoms with van der Waals surface area (Å²) in [6.45, 7) is 4.90. The summed E-state index contributed by atoms with van der Waals surface area (Å²) >= 11 is 0. The van der Waals surface area contributed by atoms with Crippen molar-refractivity contribution in [1.29, 1.82) is 0 Å². The van der Waals surface area contributed by atoms with Crippen molar-refractivity contribution < 1.29 is 19.1 Å². The molecule has 2 aliphatic rings. The molecule has 0 aliphatic heterocycles. The molecule has 0 spiro atoms. The van der Waals surface area contributed by atoms with Gasteiger partial charge in [0.2, 0.25) is 0 Å². The van der Waals surface area contributed by atoms with Crippen molar-refractivity contribution in [2.24, 2.45) is 23.7 Å². The molecule has 2 saturated carbocycles. The fourth-order valence-electron chi connectivity index (χ4n) is 4.50. The third-order valence-corrected chi connectivity index (χ3v) is 5.64. The summed E-state index contributed by atoms with van der Waals surface area (Å²) in [6.07, 6.45) is 10.4. The van der Waals surface area contributed by atoms with Crippen molar-refractivity contribution in [1.82, 2.24) is 0 Å². The third kappa shape index (κ3) is 4.97. The lowest BCUT2D eigenvalue weighted by Crippen LogP contribution is -2.40. The predicted molar refractivity (Wildman–Crippen MR) is 93.4 cm³/mol. The molecule has 2 fully saturated rings. The fraction of sp³-hybridized carbons (Fsp3) is 0.900. The maximum Gasteiger partial charge on any atom is 0.310 e. The average molecular weight is 338 g/mol. The Balaban J connectivity index is 2.20. The Hall–Kier alpha value is -1.06. The predicted octanol–water partition coefficient (Wildman–Crippen LogP) is 4.51. The molecule has 2 aliphatic carbocycles. The highest BCUT2D eigenvalue weighted by molar-refractivity contribution is 5.82. The first kappa shape index (κ1) is 19.3. The van der Waals surface area contributed by atoms with Gasteiger partial charge in [0.25, 0.3) is 0 Å². The quantitative estimate of drug-likeness (QED) is 0.581. The van der Waals surface area contributed by atoms with Crippen LogP contribution in [0.25, 0.3) is 0 Å². The summed E-state index contributed by atoms with van der Waals surface area (Å²) in [5.74, 6) is -0.343. The molecule has 0 aromatic rings. The van der Waals surface area contributed by atoms with Crippen LogP contribution in [0.2, 0.25) is 0 Å². The molecule has 24 heavy (non-hydrogen) atoms. The Morgan fingerprint density at radius 3 is 1.38 bits per heavy atom. The first-order valence-electron chi connectivity index (χ1n) is 10.0. The second-order valence-electron chi connectivity index (χ2n) is 7.48. The van der Waals surface area contributed by atoms with Crippen molar-refractivity contribution in [3.63, 3.8) is 0 Å². The summed E-state index contributed by atoms with van der Waals surface area (Å²) in [7, 11) is 0. The van der Waals surface area contributed by atoms with Crippen molar-refractivity contribution in [2.75, 3.05) is 13.2 Å². The summed E-state index contributed by atoms with van der Waals surface area (Å²) in [5, 5.41) is 0. The van der Waals surface area contributed by atoms with Crippen LogP contribution >= 0.6 is 0 Å². The maximum atomic E-state index is 12.8. The van der Waals surface area contributed by atoms with Crippen molar-refractivity contribution in [3.8, 4) is 0 Å². The van der Waals surface area contributed by atoms with E-state index in [0.29, 0.717) is 13.2 Å². The summed E-state index contributed by atoms with van der Waals surface area (Å²) in [6, 6.07) is 0. The van der Waals surface area contributed by atoms with Gasteiger partial charge in [-0.15, -0.1) is 0 Å². The highest BCUT2D eigenvalue weighted by Gasteiger charge is 2.46. The van der Waals surface area contributed by atoms with Crippen LogP contribution in [0.5, 0.6) is 0 Å². The average Bonchev–Trinajstić information content (AvgIpc) is 3.28. The topological polar surface area (TPSA) is 52.6 Å². The van der Waals surface area contributed by atoms with E-state index in [1.807, 2.05) is 13.8 Å². The Labute approximate surface area is 146 Å². The minimum absolute atomic E-state index is 0.158. The molecule has 2 atom stereocenters. The lowest BCUT2D eigenvalue weighted by Gasteiger charge is -2.32. The first-order chi connectivity index (χ1) is 11.7. The number of carbonyl (C=O) groups excluding carboxylic acids is 2. The van der Waals surface area contributed by atoms with Gasteiger partial charge in [0, 0.05) is 0 Å². The largest absolute Gasteiger partial charge is 0.465 e. The van der Waals surface area contributed by atoms with Crippen LogP contribution in [0.3, 0.4) is 0 Å². The van der Waals surface area contributed by atoms with Crippen molar-refractivity contribution in [2.45, 2.75) is 78.1 Å². The van der Waals surface area contributed by atoms with Crippen LogP contribution in [0.1, 0.15) is 78.1 Å². The van der Waals surface area contributed by atoms with Gasteiger partial charge in [-0.2, -0.15) is 0 Å². The van der Waals surface area contributed by atoms with Gasteiger partial charge in [-0.25, -0.2) is 0 Å². The molecular formula is C20H34O4. The number of rotatable bonds is 9. The molecule has 0 amide bonds. The molecule has 0 aromatic carbocycles. The number of ether oxygens (including phenoxy) is 2. The number of esters is 2. The van der Waals surface area contributed by atoms with E-state index in [0.717, 1.165) is 64.2 Å². The smallest absolute Gasteiger partial charge is 0.310 e. The van der Waals surface area contributed by atoms with Crippen LogP contribution in [0.4, 0.5) is 0 Å². The lowest BCUT2D eigenvalue weighted by atomic mass is 9.73. The molecule has 0 aromatic heterocycles. The Morgan fingerprint density at radius 2 is 1.08 bits per heavy atom. The van der Waals surface area contributed by atoms with E-state index >= 15 is 0 Å². The van der Waals surface area contributed by atoms with E-state index in [2.05, 4.69) is 0 Å². The zero-order chi connectivity index (χ0) is 17.4. The molecule has 0 N–H and O–H groups in total. The van der Waals surface area contributed by atoms with Gasteiger partial charge in [-0.1, -0.05) is 39.5 Å². The normalized spacial score (nSPS) is 21.6. The molecule has 0 radical (unpaired) electrons. The molecular weight excluding hydrogens is 304 g/mol. The van der Waals surface area contributed by atoms with E-state index in [9.17, 15) is 9.59 Å². The molecule has 0 bridgehead atoms. The van der Waals surface area contributed by atoms with Crippen LogP contribution < -0.4 is 0 Å². The van der Waals surface area contributed by atoms with Gasteiger partial charge in [0.15, 0.2) is 0 Å². The molecule has 0 heterocycles. The van der Waals surface area contributed by atoms with Gasteiger partial charge in [-0.05, 0) is 50.4 Å². The van der Waals surface area contributed by atoms with Crippen molar-refractivity contribution >= 4 is 11.9 Å². The molecule has 138 valence electrons. The minimum atomic E-state index is -0.300. The van der Waals surface area contributed by atoms with Crippen molar-refractivity contribution in [3.05, 3.63) is 0 Å². The van der Waals surface area contributed by atoms with Crippen LogP contribution in [0, 0.1) is 23.7 Å². The van der Waals surface area contributed by atoms with Gasteiger partial charge in [0.05, 0.1) is 25.0 Å². The monoisotopic (exact) mass is 338 g/mol. The Kier molecular flexibility index (Phi) is 8.07. The molecule has 2 unspecified atom stereocenters. The van der Waals surface area contributed by atoms with Crippen LogP contribution in [0.15, 0.2) is 0 Å². The van der Waals surface area contributed by atoms with Crippen LogP contribution in [-0.2, 0) is 19.1 Å². The second-order valence-corrected chi connectivity index (χ2v) is 7.48. The zero-order valence-electron chi connectivity index (χ0n) is 15.4. The fourth-order valence-corrected chi connectivity index (χ4v) is 4.50. The molecule has 2 rings (SSSR count). The second kappa shape index (κ2) is 10.0. The van der Waals surface area contributed by atoms with E-state index < -0.39 is 0 Å². The summed E-state index contributed by atoms with van der Waals surface area (Å²) in [4.78, 5) is 25.7. The first-order valence-corrected chi connectivity index (χ1v) is 10.0. The van der Waals surface area contributed by atoms with Crippen LogP contribution in [-0.4, -0.2) is 25.2 Å². The van der Waals surface area contributed by atoms with E-state index in [1.54, 1.807) is 0 Å². The highest BCUT2D eigenvalue weighted by atomic mass is 16.5. The van der Waals surface area contributed by atoms with E-state index in [1.165, 1.54) is 0 Å². The summed E-state index contributed by atoms with van der Waals surface area (Å²) in [5.41, 5.74) is 0. The maximum absolute atomic E-state index is 12.8. The van der Waals surface area contributed by atoms with Gasteiger partial charge >= 0.3 is 11.9 Å². The standard InChI is InChI=1S/C20H34O4/c1-3-13-23-19(21)17(15-9-5-6-10-15)18(16-11-7-8-12-16)20(22)24-14-4-2/h15-18H,3-14H2,1-2H3. The highest BCUT2D eigenvalue weighted by Crippen LogP contribution is 2.43. The van der Waals surface area contributed by atoms with E-state index in [-0.39, 0.29) is 35.6 Å². The molecule has 4 nitrogen and oxygen atoms in total.